The second-order valence-electron chi connectivity index (χ2n) is 7.24. The topological polar surface area (TPSA) is 90.7 Å². The fourth-order valence-electron chi connectivity index (χ4n) is 2.53. The van der Waals surface area contributed by atoms with Crippen LogP contribution in [0.25, 0.3) is 0 Å². The number of ether oxygens (including phenoxy) is 2. The molecule has 6 heteroatoms. The predicted octanol–water partition coefficient (Wildman–Crippen LogP) is 2.79. The first-order valence-corrected chi connectivity index (χ1v) is 8.67. The molecule has 144 valence electrons. The Morgan fingerprint density at radius 1 is 1.07 bits per heavy atom. The lowest BCUT2D eigenvalue weighted by Gasteiger charge is -2.23. The lowest BCUT2D eigenvalue weighted by Crippen LogP contribution is -2.29. The quantitative estimate of drug-likeness (QED) is 0.784. The van der Waals surface area contributed by atoms with Gasteiger partial charge in [0.15, 0.2) is 6.61 Å². The summed E-state index contributed by atoms with van der Waals surface area (Å²) in [6.07, 6.45) is 0. The van der Waals surface area contributed by atoms with E-state index in [4.69, 9.17) is 15.2 Å². The summed E-state index contributed by atoms with van der Waals surface area (Å²) < 4.78 is 11.0. The van der Waals surface area contributed by atoms with Crippen LogP contribution >= 0.6 is 0 Å². The van der Waals surface area contributed by atoms with Crippen LogP contribution in [0.5, 0.6) is 11.5 Å². The molecule has 0 spiro atoms. The van der Waals surface area contributed by atoms with Gasteiger partial charge in [0.1, 0.15) is 11.5 Å². The van der Waals surface area contributed by atoms with Crippen LogP contribution in [0.2, 0.25) is 0 Å². The molecular weight excluding hydrogens is 344 g/mol. The van der Waals surface area contributed by atoms with Crippen molar-refractivity contribution >= 4 is 11.8 Å². The van der Waals surface area contributed by atoms with Gasteiger partial charge >= 0.3 is 0 Å². The number of hydrogen-bond donors (Lipinski definition) is 2. The molecule has 0 bridgehead atoms. The first-order chi connectivity index (χ1) is 12.7. The van der Waals surface area contributed by atoms with Crippen LogP contribution in [0.4, 0.5) is 0 Å². The molecule has 0 unspecified atom stereocenters. The molecule has 0 saturated heterocycles. The Balaban J connectivity index is 1.94. The number of nitrogens with two attached hydrogens (primary N) is 1. The summed E-state index contributed by atoms with van der Waals surface area (Å²) >= 11 is 0. The number of carbonyl (C=O) groups excluding carboxylic acids is 2. The van der Waals surface area contributed by atoms with E-state index in [0.717, 1.165) is 16.9 Å². The zero-order chi connectivity index (χ0) is 20.0. The summed E-state index contributed by atoms with van der Waals surface area (Å²) in [7, 11) is 1.62. The minimum atomic E-state index is -0.479. The number of benzene rings is 2. The molecule has 0 aliphatic rings. The van der Waals surface area contributed by atoms with Gasteiger partial charge in [-0.2, -0.15) is 0 Å². The van der Waals surface area contributed by atoms with Crippen molar-refractivity contribution in [3.8, 4) is 11.5 Å². The van der Waals surface area contributed by atoms with Gasteiger partial charge in [0.05, 0.1) is 7.11 Å². The van der Waals surface area contributed by atoms with Crippen molar-refractivity contribution in [2.45, 2.75) is 32.7 Å². The highest BCUT2D eigenvalue weighted by atomic mass is 16.5. The minimum absolute atomic E-state index is 0.0885. The molecule has 0 fully saturated rings. The van der Waals surface area contributed by atoms with Crippen LogP contribution < -0.4 is 20.5 Å². The molecule has 2 aromatic carbocycles. The van der Waals surface area contributed by atoms with Crippen LogP contribution in [0, 0.1) is 0 Å². The number of amides is 2. The van der Waals surface area contributed by atoms with Crippen molar-refractivity contribution in [3.05, 3.63) is 59.2 Å². The lowest BCUT2D eigenvalue weighted by molar-refractivity contribution is -0.123. The van der Waals surface area contributed by atoms with Crippen molar-refractivity contribution < 1.29 is 19.1 Å². The molecule has 0 saturated carbocycles. The summed E-state index contributed by atoms with van der Waals surface area (Å²) in [5.41, 5.74) is 7.33. The van der Waals surface area contributed by atoms with Crippen LogP contribution in [0.3, 0.4) is 0 Å². The average Bonchev–Trinajstić information content (AvgIpc) is 2.64. The third-order valence-corrected chi connectivity index (χ3v) is 4.08. The fraction of sp³-hybridized carbons (Fsp3) is 0.333. The van der Waals surface area contributed by atoms with Gasteiger partial charge in [-0.1, -0.05) is 32.9 Å². The third kappa shape index (κ3) is 5.74. The average molecular weight is 370 g/mol. The van der Waals surface area contributed by atoms with E-state index in [-0.39, 0.29) is 17.9 Å². The lowest BCUT2D eigenvalue weighted by atomic mass is 9.86. The SMILES string of the molecule is COc1ccc(OCC(=O)NCc2ccc(C(N)=O)cc2)c(C(C)(C)C)c1. The minimum Gasteiger partial charge on any atom is -0.497 e. The van der Waals surface area contributed by atoms with Gasteiger partial charge in [0.2, 0.25) is 5.91 Å². The molecule has 0 aliphatic carbocycles. The van der Waals surface area contributed by atoms with E-state index in [1.54, 1.807) is 31.4 Å². The number of carbonyl (C=O) groups is 2. The van der Waals surface area contributed by atoms with Gasteiger partial charge in [-0.15, -0.1) is 0 Å². The van der Waals surface area contributed by atoms with E-state index < -0.39 is 5.91 Å². The molecule has 0 atom stereocenters. The normalized spacial score (nSPS) is 11.0. The highest BCUT2D eigenvalue weighted by Crippen LogP contribution is 2.34. The van der Waals surface area contributed by atoms with E-state index in [1.165, 1.54) is 0 Å². The Labute approximate surface area is 159 Å². The molecule has 0 aliphatic heterocycles. The second kappa shape index (κ2) is 8.58. The number of nitrogens with one attached hydrogen (secondary N) is 1. The van der Waals surface area contributed by atoms with E-state index in [0.29, 0.717) is 17.9 Å². The van der Waals surface area contributed by atoms with Crippen LogP contribution in [-0.2, 0) is 16.8 Å². The van der Waals surface area contributed by atoms with E-state index in [1.807, 2.05) is 18.2 Å². The molecule has 2 rings (SSSR count). The monoisotopic (exact) mass is 370 g/mol. The van der Waals surface area contributed by atoms with Crippen molar-refractivity contribution in [2.24, 2.45) is 5.73 Å². The second-order valence-corrected chi connectivity index (χ2v) is 7.24. The smallest absolute Gasteiger partial charge is 0.258 e. The molecule has 0 aromatic heterocycles. The molecule has 6 nitrogen and oxygen atoms in total. The van der Waals surface area contributed by atoms with Crippen LogP contribution in [0.15, 0.2) is 42.5 Å². The Morgan fingerprint density at radius 3 is 2.30 bits per heavy atom. The van der Waals surface area contributed by atoms with Gasteiger partial charge < -0.3 is 20.5 Å². The molecular formula is C21H26N2O4. The molecule has 27 heavy (non-hydrogen) atoms. The number of primary amides is 1. The maximum Gasteiger partial charge on any atom is 0.258 e. The Hall–Kier alpha value is -3.02. The van der Waals surface area contributed by atoms with Crippen molar-refractivity contribution in [1.29, 1.82) is 0 Å². The summed E-state index contributed by atoms with van der Waals surface area (Å²) in [5.74, 6) is 0.693. The molecule has 0 radical (unpaired) electrons. The van der Waals surface area contributed by atoms with Gasteiger partial charge in [0, 0.05) is 17.7 Å². The van der Waals surface area contributed by atoms with Crippen LogP contribution in [-0.4, -0.2) is 25.5 Å². The third-order valence-electron chi connectivity index (χ3n) is 4.08. The molecule has 2 aromatic rings. The predicted molar refractivity (Wildman–Crippen MR) is 104 cm³/mol. The van der Waals surface area contributed by atoms with Crippen LogP contribution in [0.1, 0.15) is 42.3 Å². The summed E-state index contributed by atoms with van der Waals surface area (Å²) in [5, 5.41) is 2.79. The first-order valence-electron chi connectivity index (χ1n) is 8.67. The largest absolute Gasteiger partial charge is 0.497 e. The molecule has 2 amide bonds. The Bertz CT molecular complexity index is 808. The highest BCUT2D eigenvalue weighted by Gasteiger charge is 2.20. The van der Waals surface area contributed by atoms with E-state index >= 15 is 0 Å². The molecule has 0 heterocycles. The first kappa shape index (κ1) is 20.3. The van der Waals surface area contributed by atoms with Gasteiger partial charge in [-0.05, 0) is 41.3 Å². The van der Waals surface area contributed by atoms with Crippen molar-refractivity contribution in [1.82, 2.24) is 5.32 Å². The summed E-state index contributed by atoms with van der Waals surface area (Å²) in [6, 6.07) is 12.3. The fourth-order valence-corrected chi connectivity index (χ4v) is 2.53. The highest BCUT2D eigenvalue weighted by molar-refractivity contribution is 5.92. The van der Waals surface area contributed by atoms with E-state index in [2.05, 4.69) is 26.1 Å². The van der Waals surface area contributed by atoms with E-state index in [9.17, 15) is 9.59 Å². The summed E-state index contributed by atoms with van der Waals surface area (Å²) in [4.78, 5) is 23.2. The van der Waals surface area contributed by atoms with Crippen molar-refractivity contribution in [2.75, 3.05) is 13.7 Å². The van der Waals surface area contributed by atoms with Gasteiger partial charge in [-0.3, -0.25) is 9.59 Å². The standard InChI is InChI=1S/C21H26N2O4/c1-21(2,3)17-11-16(26-4)9-10-18(17)27-13-19(24)23-12-14-5-7-15(8-6-14)20(22)25/h5-11H,12-13H2,1-4H3,(H2,22,25)(H,23,24). The number of rotatable bonds is 7. The maximum atomic E-state index is 12.1. The maximum absolute atomic E-state index is 12.1. The molecule has 3 N–H and O–H groups in total. The zero-order valence-corrected chi connectivity index (χ0v) is 16.2. The summed E-state index contributed by atoms with van der Waals surface area (Å²) in [6.45, 7) is 6.48. The number of hydrogen-bond acceptors (Lipinski definition) is 4. The Kier molecular flexibility index (Phi) is 6.45. The van der Waals surface area contributed by atoms with Gasteiger partial charge in [0.25, 0.3) is 5.91 Å². The number of methoxy groups -OCH3 is 1. The zero-order valence-electron chi connectivity index (χ0n) is 16.2. The van der Waals surface area contributed by atoms with Crippen molar-refractivity contribution in [3.63, 3.8) is 0 Å². The van der Waals surface area contributed by atoms with Gasteiger partial charge in [-0.25, -0.2) is 0 Å². The Morgan fingerprint density at radius 2 is 1.74 bits per heavy atom.